The van der Waals surface area contributed by atoms with Crippen LogP contribution in [0.4, 0.5) is 0 Å². The van der Waals surface area contributed by atoms with E-state index >= 15 is 0 Å². The lowest BCUT2D eigenvalue weighted by Crippen LogP contribution is -2.36. The van der Waals surface area contributed by atoms with Crippen LogP contribution in [-0.4, -0.2) is 29.1 Å². The minimum absolute atomic E-state index is 0.574. The lowest BCUT2D eigenvalue weighted by atomic mass is 10.1. The van der Waals surface area contributed by atoms with Gasteiger partial charge >= 0.3 is 0 Å². The molecule has 0 aromatic rings. The van der Waals surface area contributed by atoms with E-state index in [0.717, 1.165) is 0 Å². The van der Waals surface area contributed by atoms with Crippen molar-refractivity contribution >= 4 is 0 Å². The van der Waals surface area contributed by atoms with Gasteiger partial charge in [0.1, 0.15) is 0 Å². The van der Waals surface area contributed by atoms with Crippen LogP contribution >= 0.6 is 0 Å². The summed E-state index contributed by atoms with van der Waals surface area (Å²) in [4.78, 5) is 5.06. The number of unbranched alkanes of at least 4 members (excludes halogenated alkanes) is 12. The second-order valence-electron chi connectivity index (χ2n) is 7.65. The van der Waals surface area contributed by atoms with Crippen LogP contribution in [0.5, 0.6) is 0 Å². The molecule has 0 N–H and O–H groups in total. The number of hydrogen-bond acceptors (Lipinski definition) is 2. The molecular formula is C22H44N2. The first-order valence-corrected chi connectivity index (χ1v) is 11.0. The van der Waals surface area contributed by atoms with Crippen LogP contribution < -0.4 is 0 Å². The minimum Gasteiger partial charge on any atom is -0.356 e. The molecule has 0 amide bonds. The van der Waals surface area contributed by atoms with Gasteiger partial charge in [0.2, 0.25) is 0 Å². The molecule has 0 fully saturated rings. The molecule has 0 saturated heterocycles. The van der Waals surface area contributed by atoms with Gasteiger partial charge in [-0.05, 0) is 19.8 Å². The highest BCUT2D eigenvalue weighted by Crippen LogP contribution is 2.18. The van der Waals surface area contributed by atoms with Crippen LogP contribution in [0.25, 0.3) is 0 Å². The van der Waals surface area contributed by atoms with E-state index in [0.29, 0.717) is 6.17 Å². The summed E-state index contributed by atoms with van der Waals surface area (Å²) in [5.74, 6) is 0. The van der Waals surface area contributed by atoms with E-state index in [9.17, 15) is 0 Å². The van der Waals surface area contributed by atoms with Gasteiger partial charge < -0.3 is 9.80 Å². The van der Waals surface area contributed by atoms with Gasteiger partial charge in [0, 0.05) is 25.5 Å². The molecule has 2 heteroatoms. The highest BCUT2D eigenvalue weighted by molar-refractivity contribution is 4.95. The molecule has 0 aliphatic carbocycles. The first-order valence-electron chi connectivity index (χ1n) is 11.0. The van der Waals surface area contributed by atoms with Crippen molar-refractivity contribution in [2.45, 2.75) is 117 Å². The molecule has 1 rings (SSSR count). The summed E-state index contributed by atoms with van der Waals surface area (Å²) in [6.45, 7) is 9.41. The van der Waals surface area contributed by atoms with E-state index in [1.165, 1.54) is 103 Å². The van der Waals surface area contributed by atoms with Crippen LogP contribution in [0.15, 0.2) is 12.4 Å². The van der Waals surface area contributed by atoms with Crippen molar-refractivity contribution in [2.75, 3.05) is 13.1 Å². The summed E-state index contributed by atoms with van der Waals surface area (Å²) in [6.07, 6.45) is 24.9. The maximum atomic E-state index is 2.54. The second kappa shape index (κ2) is 14.7. The van der Waals surface area contributed by atoms with Gasteiger partial charge in [-0.1, -0.05) is 90.9 Å². The quantitative estimate of drug-likeness (QED) is 0.282. The fourth-order valence-electron chi connectivity index (χ4n) is 3.64. The minimum atomic E-state index is 0.574. The topological polar surface area (TPSA) is 6.48 Å². The van der Waals surface area contributed by atoms with Crippen LogP contribution in [0.1, 0.15) is 111 Å². The van der Waals surface area contributed by atoms with Crippen molar-refractivity contribution < 1.29 is 0 Å². The molecule has 1 aliphatic heterocycles. The summed E-state index contributed by atoms with van der Waals surface area (Å²) in [6, 6.07) is 0. The van der Waals surface area contributed by atoms with Gasteiger partial charge in [0.15, 0.2) is 0 Å². The van der Waals surface area contributed by atoms with E-state index in [-0.39, 0.29) is 0 Å². The molecule has 0 radical (unpaired) electrons. The van der Waals surface area contributed by atoms with Crippen LogP contribution in [0.2, 0.25) is 0 Å². The SMILES string of the molecule is CCCCCCCCCCCN1C=CN(CCCCCCC)C1C. The van der Waals surface area contributed by atoms with Crippen molar-refractivity contribution in [3.63, 3.8) is 0 Å². The molecule has 0 saturated carbocycles. The fourth-order valence-corrected chi connectivity index (χ4v) is 3.64. The largest absolute Gasteiger partial charge is 0.356 e. The third-order valence-electron chi connectivity index (χ3n) is 5.45. The average Bonchev–Trinajstić information content (AvgIpc) is 2.93. The zero-order chi connectivity index (χ0) is 17.5. The molecule has 0 aromatic heterocycles. The Balaban J connectivity index is 1.96. The first kappa shape index (κ1) is 21.4. The smallest absolute Gasteiger partial charge is 0.0977 e. The predicted octanol–water partition coefficient (Wildman–Crippen LogP) is 6.92. The Morgan fingerprint density at radius 1 is 0.542 bits per heavy atom. The van der Waals surface area contributed by atoms with Gasteiger partial charge in [0.25, 0.3) is 0 Å². The number of hydrogen-bond donors (Lipinski definition) is 0. The predicted molar refractivity (Wildman–Crippen MR) is 108 cm³/mol. The second-order valence-corrected chi connectivity index (χ2v) is 7.65. The summed E-state index contributed by atoms with van der Waals surface area (Å²) in [7, 11) is 0. The third-order valence-corrected chi connectivity index (χ3v) is 5.45. The maximum Gasteiger partial charge on any atom is 0.0977 e. The first-order chi connectivity index (χ1) is 11.8. The summed E-state index contributed by atoms with van der Waals surface area (Å²) in [5, 5.41) is 0. The highest BCUT2D eigenvalue weighted by atomic mass is 15.4. The Morgan fingerprint density at radius 3 is 1.25 bits per heavy atom. The zero-order valence-electron chi connectivity index (χ0n) is 16.9. The normalized spacial score (nSPS) is 17.2. The highest BCUT2D eigenvalue weighted by Gasteiger charge is 2.20. The van der Waals surface area contributed by atoms with Gasteiger partial charge in [-0.25, -0.2) is 0 Å². The van der Waals surface area contributed by atoms with Crippen LogP contribution in [0, 0.1) is 0 Å². The lowest BCUT2D eigenvalue weighted by molar-refractivity contribution is 0.165. The fraction of sp³-hybridized carbons (Fsp3) is 0.909. The molecule has 1 aliphatic rings. The monoisotopic (exact) mass is 336 g/mol. The van der Waals surface area contributed by atoms with Crippen molar-refractivity contribution in [1.29, 1.82) is 0 Å². The summed E-state index contributed by atoms with van der Waals surface area (Å²) >= 11 is 0. The van der Waals surface area contributed by atoms with E-state index in [1.807, 2.05) is 0 Å². The molecule has 1 unspecified atom stereocenters. The van der Waals surface area contributed by atoms with Crippen molar-refractivity contribution in [1.82, 2.24) is 9.80 Å². The van der Waals surface area contributed by atoms with Gasteiger partial charge in [-0.3, -0.25) is 0 Å². The van der Waals surface area contributed by atoms with Crippen LogP contribution in [-0.2, 0) is 0 Å². The van der Waals surface area contributed by atoms with Gasteiger partial charge in [0.05, 0.1) is 6.17 Å². The average molecular weight is 337 g/mol. The molecule has 0 bridgehead atoms. The van der Waals surface area contributed by atoms with E-state index < -0.39 is 0 Å². The molecule has 2 nitrogen and oxygen atoms in total. The Labute approximate surface area is 152 Å². The Bertz CT molecular complexity index is 300. The van der Waals surface area contributed by atoms with Gasteiger partial charge in [-0.2, -0.15) is 0 Å². The van der Waals surface area contributed by atoms with Crippen molar-refractivity contribution in [3.8, 4) is 0 Å². The molecule has 24 heavy (non-hydrogen) atoms. The summed E-state index contributed by atoms with van der Waals surface area (Å²) in [5.41, 5.74) is 0. The van der Waals surface area contributed by atoms with E-state index in [2.05, 4.69) is 43.0 Å². The third kappa shape index (κ3) is 9.59. The van der Waals surface area contributed by atoms with Crippen molar-refractivity contribution in [2.24, 2.45) is 0 Å². The number of nitrogens with zero attached hydrogens (tertiary/aromatic N) is 2. The molecule has 1 atom stereocenters. The molecule has 1 heterocycles. The Hall–Kier alpha value is -0.660. The molecular weight excluding hydrogens is 292 g/mol. The summed E-state index contributed by atoms with van der Waals surface area (Å²) < 4.78 is 0. The van der Waals surface area contributed by atoms with E-state index in [4.69, 9.17) is 0 Å². The van der Waals surface area contributed by atoms with Gasteiger partial charge in [-0.15, -0.1) is 0 Å². The Kier molecular flexibility index (Phi) is 13.1. The standard InChI is InChI=1S/C22H44N2/c1-4-6-8-10-11-12-13-15-17-19-24-21-20-23(22(24)3)18-16-14-9-7-5-2/h20-22H,4-19H2,1-3H3. The molecule has 0 aromatic carbocycles. The van der Waals surface area contributed by atoms with Crippen LogP contribution in [0.3, 0.4) is 0 Å². The maximum absolute atomic E-state index is 2.54. The molecule has 0 spiro atoms. The lowest BCUT2D eigenvalue weighted by Gasteiger charge is -2.30. The Morgan fingerprint density at radius 2 is 0.875 bits per heavy atom. The number of rotatable bonds is 16. The molecule has 142 valence electrons. The zero-order valence-corrected chi connectivity index (χ0v) is 16.9. The van der Waals surface area contributed by atoms with Crippen molar-refractivity contribution in [3.05, 3.63) is 12.4 Å². The van der Waals surface area contributed by atoms with E-state index in [1.54, 1.807) is 0 Å².